The van der Waals surface area contributed by atoms with E-state index in [1.807, 2.05) is 30.3 Å². The Morgan fingerprint density at radius 2 is 2.00 bits per heavy atom. The molecule has 2 aromatic rings. The van der Waals surface area contributed by atoms with Crippen molar-refractivity contribution in [2.24, 2.45) is 0 Å². The SMILES string of the molecule is C[C@@H](OC(=O)c1csc(-c2ccccc2)n1)C(=O)N(C)[C@H]1CCS(=O)(=O)C1. The molecule has 0 radical (unpaired) electrons. The highest BCUT2D eigenvalue weighted by atomic mass is 32.2. The molecule has 1 aliphatic rings. The fourth-order valence-electron chi connectivity index (χ4n) is 2.90. The molecule has 0 spiro atoms. The lowest BCUT2D eigenvalue weighted by molar-refractivity contribution is -0.140. The predicted octanol–water partition coefficient (Wildman–Crippen LogP) is 2.00. The molecule has 27 heavy (non-hydrogen) atoms. The quantitative estimate of drug-likeness (QED) is 0.703. The molecule has 1 amide bonds. The van der Waals surface area contributed by atoms with Gasteiger partial charge in [-0.25, -0.2) is 18.2 Å². The third-order valence-corrected chi connectivity index (χ3v) is 7.11. The molecule has 1 saturated heterocycles. The van der Waals surface area contributed by atoms with Gasteiger partial charge in [-0.15, -0.1) is 11.3 Å². The Hall–Kier alpha value is -2.26. The minimum atomic E-state index is -3.10. The van der Waals surface area contributed by atoms with E-state index in [1.165, 1.54) is 30.2 Å². The first kappa shape index (κ1) is 19.5. The number of thiazole rings is 1. The van der Waals surface area contributed by atoms with Gasteiger partial charge in [-0.1, -0.05) is 30.3 Å². The highest BCUT2D eigenvalue weighted by Gasteiger charge is 2.35. The number of carbonyl (C=O) groups is 2. The molecule has 0 aliphatic carbocycles. The molecule has 1 fully saturated rings. The van der Waals surface area contributed by atoms with Crippen LogP contribution in [-0.2, 0) is 19.4 Å². The lowest BCUT2D eigenvalue weighted by atomic mass is 10.2. The lowest BCUT2D eigenvalue weighted by Crippen LogP contribution is -2.44. The monoisotopic (exact) mass is 408 g/mol. The topological polar surface area (TPSA) is 93.6 Å². The van der Waals surface area contributed by atoms with Crippen molar-refractivity contribution in [2.45, 2.75) is 25.5 Å². The molecule has 0 N–H and O–H groups in total. The van der Waals surface area contributed by atoms with Gasteiger partial charge in [0.15, 0.2) is 21.6 Å². The molecule has 1 aromatic heterocycles. The van der Waals surface area contributed by atoms with Crippen LogP contribution < -0.4 is 0 Å². The molecule has 1 aromatic carbocycles. The number of esters is 1. The highest BCUT2D eigenvalue weighted by Crippen LogP contribution is 2.24. The van der Waals surface area contributed by atoms with E-state index in [0.717, 1.165) is 5.56 Å². The van der Waals surface area contributed by atoms with E-state index in [1.54, 1.807) is 5.38 Å². The summed E-state index contributed by atoms with van der Waals surface area (Å²) >= 11 is 1.32. The number of aromatic nitrogens is 1. The Bertz CT molecular complexity index is 940. The van der Waals surface area contributed by atoms with Crippen LogP contribution in [0.3, 0.4) is 0 Å². The van der Waals surface area contributed by atoms with Crippen LogP contribution >= 0.6 is 11.3 Å². The number of carbonyl (C=O) groups excluding carboxylic acids is 2. The molecule has 3 rings (SSSR count). The van der Waals surface area contributed by atoms with Gasteiger partial charge in [0.2, 0.25) is 0 Å². The van der Waals surface area contributed by atoms with Crippen LogP contribution in [0, 0.1) is 0 Å². The van der Waals surface area contributed by atoms with Gasteiger partial charge in [0.1, 0.15) is 5.01 Å². The maximum absolute atomic E-state index is 12.5. The number of likely N-dealkylation sites (N-methyl/N-ethyl adjacent to an activating group) is 1. The summed E-state index contributed by atoms with van der Waals surface area (Å²) in [5, 5.41) is 2.28. The predicted molar refractivity (Wildman–Crippen MR) is 102 cm³/mol. The first-order valence-corrected chi connectivity index (χ1v) is 11.2. The number of hydrogen-bond acceptors (Lipinski definition) is 7. The van der Waals surface area contributed by atoms with Crippen molar-refractivity contribution in [3.05, 3.63) is 41.4 Å². The lowest BCUT2D eigenvalue weighted by Gasteiger charge is -2.26. The zero-order valence-corrected chi connectivity index (χ0v) is 16.6. The fraction of sp³-hybridized carbons (Fsp3) is 0.389. The summed E-state index contributed by atoms with van der Waals surface area (Å²) in [6, 6.07) is 9.07. The normalized spacial score (nSPS) is 19.4. The molecule has 9 heteroatoms. The second kappa shape index (κ2) is 7.77. The van der Waals surface area contributed by atoms with E-state index in [-0.39, 0.29) is 23.2 Å². The van der Waals surface area contributed by atoms with Gasteiger partial charge in [-0.2, -0.15) is 0 Å². The van der Waals surface area contributed by atoms with Gasteiger partial charge in [-0.05, 0) is 13.3 Å². The van der Waals surface area contributed by atoms with Crippen molar-refractivity contribution in [1.82, 2.24) is 9.88 Å². The van der Waals surface area contributed by atoms with E-state index in [0.29, 0.717) is 11.4 Å². The number of nitrogens with zero attached hydrogens (tertiary/aromatic N) is 2. The second-order valence-corrected chi connectivity index (χ2v) is 9.54. The minimum Gasteiger partial charge on any atom is -0.448 e. The molecule has 2 heterocycles. The van der Waals surface area contributed by atoms with E-state index >= 15 is 0 Å². The number of amides is 1. The molecule has 144 valence electrons. The van der Waals surface area contributed by atoms with Crippen molar-refractivity contribution >= 4 is 33.1 Å². The zero-order chi connectivity index (χ0) is 19.6. The number of rotatable bonds is 5. The molecule has 0 bridgehead atoms. The third-order valence-electron chi connectivity index (χ3n) is 4.47. The molecule has 7 nitrogen and oxygen atoms in total. The molecular weight excluding hydrogens is 388 g/mol. The Morgan fingerprint density at radius 3 is 2.63 bits per heavy atom. The van der Waals surface area contributed by atoms with E-state index < -0.39 is 27.8 Å². The van der Waals surface area contributed by atoms with Crippen LogP contribution in [-0.4, -0.2) is 60.9 Å². The van der Waals surface area contributed by atoms with Gasteiger partial charge in [0, 0.05) is 24.0 Å². The van der Waals surface area contributed by atoms with Gasteiger partial charge < -0.3 is 9.64 Å². The van der Waals surface area contributed by atoms with E-state index in [2.05, 4.69) is 4.98 Å². The summed E-state index contributed by atoms with van der Waals surface area (Å²) in [7, 11) is -1.56. The maximum Gasteiger partial charge on any atom is 0.358 e. The summed E-state index contributed by atoms with van der Waals surface area (Å²) in [6.07, 6.45) is -0.620. The number of ether oxygens (including phenoxy) is 1. The average Bonchev–Trinajstić information content (AvgIpc) is 3.28. The maximum atomic E-state index is 12.5. The first-order chi connectivity index (χ1) is 12.8. The van der Waals surface area contributed by atoms with Crippen molar-refractivity contribution in [3.63, 3.8) is 0 Å². The van der Waals surface area contributed by atoms with Crippen molar-refractivity contribution in [2.75, 3.05) is 18.6 Å². The Balaban J connectivity index is 1.62. The van der Waals surface area contributed by atoms with Crippen molar-refractivity contribution < 1.29 is 22.7 Å². The van der Waals surface area contributed by atoms with Gasteiger partial charge >= 0.3 is 5.97 Å². The molecule has 1 aliphatic heterocycles. The Morgan fingerprint density at radius 1 is 1.30 bits per heavy atom. The smallest absolute Gasteiger partial charge is 0.358 e. The molecule has 0 saturated carbocycles. The van der Waals surface area contributed by atoms with Crippen LogP contribution in [0.4, 0.5) is 0 Å². The average molecular weight is 409 g/mol. The summed E-state index contributed by atoms with van der Waals surface area (Å²) in [5.74, 6) is -1.09. The standard InChI is InChI=1S/C18H20N2O5S2/c1-12(17(21)20(2)14-8-9-27(23,24)11-14)25-18(22)15-10-26-16(19-15)13-6-4-3-5-7-13/h3-7,10,12,14H,8-9,11H2,1-2H3/t12-,14+/m1/s1. The van der Waals surface area contributed by atoms with Crippen LogP contribution in [0.5, 0.6) is 0 Å². The van der Waals surface area contributed by atoms with E-state index in [9.17, 15) is 18.0 Å². The minimum absolute atomic E-state index is 0.0531. The van der Waals surface area contributed by atoms with Crippen molar-refractivity contribution in [3.8, 4) is 10.6 Å². The van der Waals surface area contributed by atoms with Crippen LogP contribution in [0.25, 0.3) is 10.6 Å². The second-order valence-electron chi connectivity index (χ2n) is 6.46. The van der Waals surface area contributed by atoms with Gasteiger partial charge in [-0.3, -0.25) is 4.79 Å². The summed E-state index contributed by atoms with van der Waals surface area (Å²) in [5.41, 5.74) is 1.04. The number of sulfone groups is 1. The van der Waals surface area contributed by atoms with Gasteiger partial charge in [0.25, 0.3) is 5.91 Å². The third kappa shape index (κ3) is 4.54. The van der Waals surface area contributed by atoms with E-state index in [4.69, 9.17) is 4.74 Å². The Labute approximate surface area is 161 Å². The summed E-state index contributed by atoms with van der Waals surface area (Å²) in [6.45, 7) is 1.48. The molecule has 0 unspecified atom stereocenters. The summed E-state index contributed by atoms with van der Waals surface area (Å²) in [4.78, 5) is 30.4. The largest absolute Gasteiger partial charge is 0.448 e. The molecule has 2 atom stereocenters. The van der Waals surface area contributed by atoms with Gasteiger partial charge in [0.05, 0.1) is 11.5 Å². The number of hydrogen-bond donors (Lipinski definition) is 0. The fourth-order valence-corrected chi connectivity index (χ4v) is 5.47. The zero-order valence-electron chi connectivity index (χ0n) is 15.0. The van der Waals surface area contributed by atoms with Crippen LogP contribution in [0.2, 0.25) is 0 Å². The van der Waals surface area contributed by atoms with Crippen LogP contribution in [0.1, 0.15) is 23.8 Å². The molecular formula is C18H20N2O5S2. The Kier molecular flexibility index (Phi) is 5.61. The van der Waals surface area contributed by atoms with Crippen molar-refractivity contribution in [1.29, 1.82) is 0 Å². The highest BCUT2D eigenvalue weighted by molar-refractivity contribution is 7.91. The number of benzene rings is 1. The first-order valence-electron chi connectivity index (χ1n) is 8.46. The van der Waals surface area contributed by atoms with Crippen LogP contribution in [0.15, 0.2) is 35.7 Å². The summed E-state index contributed by atoms with van der Waals surface area (Å²) < 4.78 is 28.4.